The Hall–Kier alpha value is -1.06. The van der Waals surface area contributed by atoms with E-state index in [0.717, 1.165) is 19.5 Å². The summed E-state index contributed by atoms with van der Waals surface area (Å²) in [7, 11) is 3.79. The summed E-state index contributed by atoms with van der Waals surface area (Å²) >= 11 is 0. The third-order valence-corrected chi connectivity index (χ3v) is 2.76. The number of hydrogen-bond donors (Lipinski definition) is 1. The molecule has 14 heavy (non-hydrogen) atoms. The van der Waals surface area contributed by atoms with Gasteiger partial charge in [0, 0.05) is 25.8 Å². The monoisotopic (exact) mass is 192 g/mol. The van der Waals surface area contributed by atoms with E-state index in [1.807, 2.05) is 0 Å². The third-order valence-electron chi connectivity index (χ3n) is 2.76. The maximum Gasteiger partial charge on any atom is 0.0572 e. The van der Waals surface area contributed by atoms with Crippen LogP contribution in [0.1, 0.15) is 11.1 Å². The fraction of sp³-hybridized carbons (Fsp3) is 0.455. The van der Waals surface area contributed by atoms with Crippen LogP contribution in [0.15, 0.2) is 18.2 Å². The lowest BCUT2D eigenvalue weighted by Crippen LogP contribution is -2.12. The van der Waals surface area contributed by atoms with Crippen molar-refractivity contribution in [1.29, 1.82) is 0 Å². The fourth-order valence-corrected chi connectivity index (χ4v) is 1.98. The van der Waals surface area contributed by atoms with Crippen LogP contribution in [0, 0.1) is 0 Å². The molecule has 0 spiro atoms. The van der Waals surface area contributed by atoms with Crippen molar-refractivity contribution in [3.05, 3.63) is 29.3 Å². The Morgan fingerprint density at radius 3 is 3.14 bits per heavy atom. The van der Waals surface area contributed by atoms with Gasteiger partial charge in [-0.05, 0) is 23.6 Å². The van der Waals surface area contributed by atoms with E-state index in [1.54, 1.807) is 7.11 Å². The molecular weight excluding hydrogens is 176 g/mol. The number of nitrogens with zero attached hydrogens (tertiary/aromatic N) is 1. The molecule has 0 saturated heterocycles. The summed E-state index contributed by atoms with van der Waals surface area (Å²) < 4.78 is 0. The molecule has 0 saturated carbocycles. The number of rotatable bonds is 3. The summed E-state index contributed by atoms with van der Waals surface area (Å²) in [4.78, 5) is 7.17. The van der Waals surface area contributed by atoms with Gasteiger partial charge in [0.15, 0.2) is 0 Å². The third kappa shape index (κ3) is 1.61. The van der Waals surface area contributed by atoms with Gasteiger partial charge >= 0.3 is 0 Å². The van der Waals surface area contributed by atoms with Gasteiger partial charge in [-0.25, -0.2) is 0 Å². The van der Waals surface area contributed by atoms with Crippen molar-refractivity contribution in [3.8, 4) is 0 Å². The van der Waals surface area contributed by atoms with E-state index in [-0.39, 0.29) is 0 Å². The van der Waals surface area contributed by atoms with E-state index in [0.29, 0.717) is 0 Å². The molecule has 3 nitrogen and oxygen atoms in total. The molecule has 0 atom stereocenters. The highest BCUT2D eigenvalue weighted by Crippen LogP contribution is 2.29. The quantitative estimate of drug-likeness (QED) is 0.731. The molecule has 1 N–H and O–H groups in total. The maximum absolute atomic E-state index is 4.87. The fourth-order valence-electron chi connectivity index (χ4n) is 1.98. The lowest BCUT2D eigenvalue weighted by atomic mass is 10.1. The number of fused-ring (bicyclic) bond motifs is 1. The molecule has 0 amide bonds. The summed E-state index contributed by atoms with van der Waals surface area (Å²) in [5.41, 5.74) is 7.05. The molecular formula is C11H16N2O. The average molecular weight is 192 g/mol. The van der Waals surface area contributed by atoms with Crippen molar-refractivity contribution in [2.75, 3.05) is 25.6 Å². The minimum absolute atomic E-state index is 0.785. The van der Waals surface area contributed by atoms with Gasteiger partial charge in [0.1, 0.15) is 0 Å². The van der Waals surface area contributed by atoms with Crippen LogP contribution in [0.3, 0.4) is 0 Å². The van der Waals surface area contributed by atoms with Gasteiger partial charge in [-0.2, -0.15) is 5.48 Å². The van der Waals surface area contributed by atoms with Crippen LogP contribution in [-0.4, -0.2) is 20.7 Å². The van der Waals surface area contributed by atoms with Crippen molar-refractivity contribution >= 4 is 5.69 Å². The van der Waals surface area contributed by atoms with Crippen LogP contribution in [0.5, 0.6) is 0 Å². The van der Waals surface area contributed by atoms with Gasteiger partial charge in [-0.3, -0.25) is 0 Å². The highest BCUT2D eigenvalue weighted by Gasteiger charge is 2.17. The molecule has 0 radical (unpaired) electrons. The van der Waals surface area contributed by atoms with Gasteiger partial charge < -0.3 is 9.74 Å². The lowest BCUT2D eigenvalue weighted by Gasteiger charge is -2.13. The Kier molecular flexibility index (Phi) is 2.70. The highest BCUT2D eigenvalue weighted by molar-refractivity contribution is 5.60. The minimum Gasteiger partial charge on any atom is -0.374 e. The van der Waals surface area contributed by atoms with Crippen LogP contribution < -0.4 is 10.4 Å². The van der Waals surface area contributed by atoms with E-state index in [1.165, 1.54) is 16.8 Å². The van der Waals surface area contributed by atoms with Crippen LogP contribution >= 0.6 is 0 Å². The Morgan fingerprint density at radius 2 is 2.36 bits per heavy atom. The molecule has 1 aromatic carbocycles. The van der Waals surface area contributed by atoms with E-state index in [2.05, 4.69) is 35.6 Å². The van der Waals surface area contributed by atoms with E-state index < -0.39 is 0 Å². The van der Waals surface area contributed by atoms with Gasteiger partial charge in [0.25, 0.3) is 0 Å². The molecule has 0 fully saturated rings. The predicted molar refractivity (Wildman–Crippen MR) is 57.3 cm³/mol. The normalized spacial score (nSPS) is 14.6. The zero-order valence-corrected chi connectivity index (χ0v) is 8.71. The first-order valence-corrected chi connectivity index (χ1v) is 4.90. The first-order valence-electron chi connectivity index (χ1n) is 4.90. The number of nitrogens with one attached hydrogen (secondary N) is 1. The molecule has 1 aromatic rings. The van der Waals surface area contributed by atoms with Crippen molar-refractivity contribution in [3.63, 3.8) is 0 Å². The summed E-state index contributed by atoms with van der Waals surface area (Å²) in [5.74, 6) is 0. The van der Waals surface area contributed by atoms with Crippen LogP contribution in [-0.2, 0) is 17.8 Å². The Balaban J connectivity index is 2.25. The van der Waals surface area contributed by atoms with E-state index in [4.69, 9.17) is 4.84 Å². The standard InChI is InChI=1S/C11H16N2O/c1-13-7-6-10-9(8-12-14-2)4-3-5-11(10)13/h3-5,12H,6-8H2,1-2H3. The molecule has 1 aliphatic heterocycles. The number of hydroxylamine groups is 1. The Morgan fingerprint density at radius 1 is 1.50 bits per heavy atom. The molecule has 1 aliphatic rings. The summed E-state index contributed by atoms with van der Waals surface area (Å²) in [6, 6.07) is 6.44. The first-order chi connectivity index (χ1) is 6.83. The largest absolute Gasteiger partial charge is 0.374 e. The molecule has 0 bridgehead atoms. The molecule has 0 unspecified atom stereocenters. The molecule has 1 heterocycles. The second-order valence-corrected chi connectivity index (χ2v) is 3.61. The topological polar surface area (TPSA) is 24.5 Å². The molecule has 76 valence electrons. The lowest BCUT2D eigenvalue weighted by molar-refractivity contribution is 0.0866. The molecule has 3 heteroatoms. The van der Waals surface area contributed by atoms with Crippen LogP contribution in [0.25, 0.3) is 0 Å². The Bertz CT molecular complexity index is 325. The summed E-state index contributed by atoms with van der Waals surface area (Å²) in [5, 5.41) is 0. The smallest absolute Gasteiger partial charge is 0.0572 e. The second-order valence-electron chi connectivity index (χ2n) is 3.61. The first kappa shape index (κ1) is 9.49. The van der Waals surface area contributed by atoms with Gasteiger partial charge in [0.2, 0.25) is 0 Å². The number of likely N-dealkylation sites (N-methyl/N-ethyl adjacent to an activating group) is 1. The second kappa shape index (κ2) is 3.98. The minimum atomic E-state index is 0.785. The van der Waals surface area contributed by atoms with Crippen molar-refractivity contribution < 1.29 is 4.84 Å². The van der Waals surface area contributed by atoms with E-state index >= 15 is 0 Å². The Labute approximate surface area is 84.6 Å². The van der Waals surface area contributed by atoms with Gasteiger partial charge in [-0.1, -0.05) is 12.1 Å². The van der Waals surface area contributed by atoms with Crippen LogP contribution in [0.4, 0.5) is 5.69 Å². The van der Waals surface area contributed by atoms with Crippen molar-refractivity contribution in [2.24, 2.45) is 0 Å². The SMILES string of the molecule is CONCc1cccc2c1CCN2C. The zero-order valence-electron chi connectivity index (χ0n) is 8.71. The van der Waals surface area contributed by atoms with Gasteiger partial charge in [-0.15, -0.1) is 0 Å². The van der Waals surface area contributed by atoms with Crippen LogP contribution in [0.2, 0.25) is 0 Å². The molecule has 2 rings (SSSR count). The number of hydrogen-bond acceptors (Lipinski definition) is 3. The van der Waals surface area contributed by atoms with E-state index in [9.17, 15) is 0 Å². The highest BCUT2D eigenvalue weighted by atomic mass is 16.6. The van der Waals surface area contributed by atoms with Crippen molar-refractivity contribution in [2.45, 2.75) is 13.0 Å². The van der Waals surface area contributed by atoms with Gasteiger partial charge in [0.05, 0.1) is 7.11 Å². The number of anilines is 1. The summed E-state index contributed by atoms with van der Waals surface area (Å²) in [6.07, 6.45) is 1.15. The molecule has 0 aliphatic carbocycles. The maximum atomic E-state index is 4.87. The average Bonchev–Trinajstić information content (AvgIpc) is 2.58. The number of benzene rings is 1. The summed E-state index contributed by atoms with van der Waals surface area (Å²) in [6.45, 7) is 1.91. The predicted octanol–water partition coefficient (Wildman–Crippen LogP) is 1.33. The van der Waals surface area contributed by atoms with Crippen molar-refractivity contribution in [1.82, 2.24) is 5.48 Å². The molecule has 0 aromatic heterocycles. The zero-order chi connectivity index (χ0) is 9.97.